The molecule has 0 bridgehead atoms. The molecule has 0 fully saturated rings. The summed E-state index contributed by atoms with van der Waals surface area (Å²) in [5.41, 5.74) is 7.83. The van der Waals surface area contributed by atoms with Gasteiger partial charge >= 0.3 is 0 Å². The Balaban J connectivity index is 2.05. The number of aryl methyl sites for hydroxylation is 3. The Morgan fingerprint density at radius 1 is 0.952 bits per heavy atom. The van der Waals surface area contributed by atoms with Crippen molar-refractivity contribution in [3.63, 3.8) is 0 Å². The zero-order chi connectivity index (χ0) is 15.0. The fraction of sp³-hybridized carbons (Fsp3) is 0.250. The summed E-state index contributed by atoms with van der Waals surface area (Å²) in [6, 6.07) is 12.4. The minimum Gasteiger partial charge on any atom is -0.289 e. The van der Waals surface area contributed by atoms with Crippen molar-refractivity contribution in [2.24, 2.45) is 0 Å². The minimum absolute atomic E-state index is 0.200. The molecule has 0 saturated heterocycles. The predicted molar refractivity (Wildman–Crippen MR) is 87.7 cm³/mol. The molecule has 2 aromatic carbocycles. The Labute approximate surface area is 126 Å². The molecule has 0 amide bonds. The van der Waals surface area contributed by atoms with Crippen LogP contribution in [0.1, 0.15) is 44.6 Å². The summed E-state index contributed by atoms with van der Waals surface area (Å²) in [5.74, 6) is 0.200. The van der Waals surface area contributed by atoms with Gasteiger partial charge in [0.05, 0.1) is 0 Å². The maximum atomic E-state index is 12.8. The number of benzene rings is 2. The number of fused-ring (bicyclic) bond motifs is 1. The summed E-state index contributed by atoms with van der Waals surface area (Å²) in [6.45, 7) is 6.25. The van der Waals surface area contributed by atoms with Crippen molar-refractivity contribution in [1.29, 1.82) is 0 Å². The van der Waals surface area contributed by atoms with Gasteiger partial charge < -0.3 is 0 Å². The second-order valence-electron chi connectivity index (χ2n) is 5.96. The molecule has 106 valence electrons. The highest BCUT2D eigenvalue weighted by Crippen LogP contribution is 2.30. The van der Waals surface area contributed by atoms with Crippen molar-refractivity contribution < 1.29 is 4.79 Å². The number of ketones is 1. The molecule has 1 aliphatic rings. The number of carbonyl (C=O) groups is 1. The molecule has 0 aliphatic heterocycles. The molecule has 0 atom stereocenters. The molecule has 2 aromatic rings. The van der Waals surface area contributed by atoms with Gasteiger partial charge in [-0.3, -0.25) is 4.79 Å². The summed E-state index contributed by atoms with van der Waals surface area (Å²) >= 11 is 0. The first-order chi connectivity index (χ1) is 10.1. The number of allylic oxidation sites excluding steroid dienone is 1. The SMILES string of the molecule is Cc1cc(C)c2c(c1)C(=O)/C(=C/c1ccccc1C)CC2. The van der Waals surface area contributed by atoms with E-state index in [0.29, 0.717) is 0 Å². The van der Waals surface area contributed by atoms with Gasteiger partial charge in [0.15, 0.2) is 5.78 Å². The van der Waals surface area contributed by atoms with Crippen molar-refractivity contribution in [1.82, 2.24) is 0 Å². The van der Waals surface area contributed by atoms with Crippen LogP contribution in [0.5, 0.6) is 0 Å². The zero-order valence-electron chi connectivity index (χ0n) is 12.9. The Morgan fingerprint density at radius 2 is 1.71 bits per heavy atom. The van der Waals surface area contributed by atoms with E-state index in [9.17, 15) is 4.79 Å². The Morgan fingerprint density at radius 3 is 2.48 bits per heavy atom. The second-order valence-corrected chi connectivity index (χ2v) is 5.96. The van der Waals surface area contributed by atoms with Crippen LogP contribution < -0.4 is 0 Å². The van der Waals surface area contributed by atoms with Crippen LogP contribution in [0, 0.1) is 20.8 Å². The normalized spacial score (nSPS) is 16.1. The van der Waals surface area contributed by atoms with Gasteiger partial charge in [0, 0.05) is 11.1 Å². The van der Waals surface area contributed by atoms with Crippen LogP contribution in [0.25, 0.3) is 6.08 Å². The van der Waals surface area contributed by atoms with E-state index in [-0.39, 0.29) is 5.78 Å². The van der Waals surface area contributed by atoms with Crippen molar-refractivity contribution in [2.75, 3.05) is 0 Å². The Hall–Kier alpha value is -2.15. The first kappa shape index (κ1) is 13.8. The standard InChI is InChI=1S/C20H20O/c1-13-10-15(3)18-9-8-17(20(21)19(18)11-13)12-16-7-5-4-6-14(16)2/h4-7,10-12H,8-9H2,1-3H3/b17-12+. The van der Waals surface area contributed by atoms with Gasteiger partial charge in [-0.1, -0.05) is 35.9 Å². The van der Waals surface area contributed by atoms with Crippen LogP contribution in [0.3, 0.4) is 0 Å². The van der Waals surface area contributed by atoms with Gasteiger partial charge in [-0.25, -0.2) is 0 Å². The van der Waals surface area contributed by atoms with E-state index in [1.807, 2.05) is 18.2 Å². The van der Waals surface area contributed by atoms with Gasteiger partial charge in [-0.15, -0.1) is 0 Å². The summed E-state index contributed by atoms with van der Waals surface area (Å²) < 4.78 is 0. The number of hydrogen-bond donors (Lipinski definition) is 0. The fourth-order valence-corrected chi connectivity index (χ4v) is 3.15. The van der Waals surface area contributed by atoms with Crippen molar-refractivity contribution in [3.05, 3.63) is 75.4 Å². The van der Waals surface area contributed by atoms with E-state index in [1.54, 1.807) is 0 Å². The van der Waals surface area contributed by atoms with Gasteiger partial charge in [0.2, 0.25) is 0 Å². The largest absolute Gasteiger partial charge is 0.289 e. The first-order valence-electron chi connectivity index (χ1n) is 7.47. The highest BCUT2D eigenvalue weighted by atomic mass is 16.1. The van der Waals surface area contributed by atoms with E-state index in [4.69, 9.17) is 0 Å². The number of Topliss-reactive ketones (excluding diaryl/α,β-unsaturated/α-hetero) is 1. The molecule has 0 saturated carbocycles. The van der Waals surface area contributed by atoms with Crippen LogP contribution in [-0.4, -0.2) is 5.78 Å². The molecule has 1 nitrogen and oxygen atoms in total. The molecule has 3 rings (SSSR count). The summed E-state index contributed by atoms with van der Waals surface area (Å²) in [4.78, 5) is 12.8. The zero-order valence-corrected chi connectivity index (χ0v) is 12.9. The molecular formula is C20H20O. The third-order valence-electron chi connectivity index (χ3n) is 4.32. The quantitative estimate of drug-likeness (QED) is 0.682. The van der Waals surface area contributed by atoms with Gasteiger partial charge in [-0.05, 0) is 68.0 Å². The molecule has 1 heteroatoms. The van der Waals surface area contributed by atoms with Crippen LogP contribution in [-0.2, 0) is 6.42 Å². The average molecular weight is 276 g/mol. The number of rotatable bonds is 1. The highest BCUT2D eigenvalue weighted by Gasteiger charge is 2.23. The molecule has 0 aromatic heterocycles. The van der Waals surface area contributed by atoms with Crippen molar-refractivity contribution >= 4 is 11.9 Å². The Kier molecular flexibility index (Phi) is 3.50. The van der Waals surface area contributed by atoms with Crippen molar-refractivity contribution in [2.45, 2.75) is 33.6 Å². The van der Waals surface area contributed by atoms with Crippen molar-refractivity contribution in [3.8, 4) is 0 Å². The maximum absolute atomic E-state index is 12.8. The lowest BCUT2D eigenvalue weighted by Crippen LogP contribution is -2.15. The average Bonchev–Trinajstić information content (AvgIpc) is 2.44. The molecule has 0 heterocycles. The molecule has 0 radical (unpaired) electrons. The monoisotopic (exact) mass is 276 g/mol. The first-order valence-corrected chi connectivity index (χ1v) is 7.47. The third kappa shape index (κ3) is 2.56. The summed E-state index contributed by atoms with van der Waals surface area (Å²) in [6.07, 6.45) is 3.87. The summed E-state index contributed by atoms with van der Waals surface area (Å²) in [7, 11) is 0. The molecule has 0 spiro atoms. The lowest BCUT2D eigenvalue weighted by molar-refractivity contribution is 0.102. The van der Waals surface area contributed by atoms with E-state index in [2.05, 4.69) is 45.0 Å². The van der Waals surface area contributed by atoms with Gasteiger partial charge in [0.25, 0.3) is 0 Å². The van der Waals surface area contributed by atoms with Crippen LogP contribution >= 0.6 is 0 Å². The third-order valence-corrected chi connectivity index (χ3v) is 4.32. The van der Waals surface area contributed by atoms with Crippen LogP contribution in [0.4, 0.5) is 0 Å². The van der Waals surface area contributed by atoms with E-state index < -0.39 is 0 Å². The van der Waals surface area contributed by atoms with E-state index in [0.717, 1.165) is 35.1 Å². The summed E-state index contributed by atoms with van der Waals surface area (Å²) in [5, 5.41) is 0. The lowest BCUT2D eigenvalue weighted by Gasteiger charge is -2.20. The lowest BCUT2D eigenvalue weighted by atomic mass is 9.83. The Bertz CT molecular complexity index is 750. The topological polar surface area (TPSA) is 17.1 Å². The minimum atomic E-state index is 0.200. The van der Waals surface area contributed by atoms with E-state index in [1.165, 1.54) is 16.7 Å². The predicted octanol–water partition coefficient (Wildman–Crippen LogP) is 4.82. The number of carbonyl (C=O) groups excluding carboxylic acids is 1. The number of hydrogen-bond acceptors (Lipinski definition) is 1. The molecule has 1 aliphatic carbocycles. The fourth-order valence-electron chi connectivity index (χ4n) is 3.15. The molecule has 0 N–H and O–H groups in total. The second kappa shape index (κ2) is 5.33. The van der Waals surface area contributed by atoms with Crippen LogP contribution in [0.15, 0.2) is 42.0 Å². The van der Waals surface area contributed by atoms with Gasteiger partial charge in [0.1, 0.15) is 0 Å². The molecule has 21 heavy (non-hydrogen) atoms. The highest BCUT2D eigenvalue weighted by molar-refractivity contribution is 6.13. The van der Waals surface area contributed by atoms with Gasteiger partial charge in [-0.2, -0.15) is 0 Å². The molecular weight excluding hydrogens is 256 g/mol. The van der Waals surface area contributed by atoms with E-state index >= 15 is 0 Å². The van der Waals surface area contributed by atoms with Crippen LogP contribution in [0.2, 0.25) is 0 Å². The smallest absolute Gasteiger partial charge is 0.189 e. The molecule has 0 unspecified atom stereocenters. The maximum Gasteiger partial charge on any atom is 0.189 e.